The van der Waals surface area contributed by atoms with Gasteiger partial charge in [0.25, 0.3) is 5.91 Å². The lowest BCUT2D eigenvalue weighted by atomic mass is 10.0. The molecule has 0 radical (unpaired) electrons. The second-order valence-electron chi connectivity index (χ2n) is 5.12. The maximum Gasteiger partial charge on any atom is 0.261 e. The molecule has 0 aliphatic carbocycles. The molecular formula is C15H18N4O2S. The van der Waals surface area contributed by atoms with Crippen LogP contribution in [0.15, 0.2) is 35.7 Å². The third kappa shape index (κ3) is 3.41. The first-order valence-corrected chi connectivity index (χ1v) is 8.21. The molecule has 1 aromatic heterocycles. The molecule has 1 amide bonds. The van der Waals surface area contributed by atoms with Crippen LogP contribution in [0.5, 0.6) is 5.75 Å². The molecule has 0 bridgehead atoms. The van der Waals surface area contributed by atoms with Crippen molar-refractivity contribution in [1.29, 1.82) is 0 Å². The number of carbonyl (C=O) groups excluding carboxylic acids is 1. The van der Waals surface area contributed by atoms with Crippen molar-refractivity contribution in [3.8, 4) is 5.75 Å². The van der Waals surface area contributed by atoms with Crippen LogP contribution in [0, 0.1) is 0 Å². The summed E-state index contributed by atoms with van der Waals surface area (Å²) in [5.74, 6) is 1.53. The SMILES string of the molecule is Cn1cnnc1SCCNC(=O)[C@H]1CCc2ccccc2O1. The quantitative estimate of drug-likeness (QED) is 0.667. The van der Waals surface area contributed by atoms with Crippen LogP contribution >= 0.6 is 11.8 Å². The van der Waals surface area contributed by atoms with Gasteiger partial charge in [0, 0.05) is 19.3 Å². The van der Waals surface area contributed by atoms with Crippen LogP contribution in [0.25, 0.3) is 0 Å². The van der Waals surface area contributed by atoms with Crippen LogP contribution < -0.4 is 10.1 Å². The first kappa shape index (κ1) is 14.9. The average molecular weight is 318 g/mol. The monoisotopic (exact) mass is 318 g/mol. The zero-order valence-electron chi connectivity index (χ0n) is 12.4. The second kappa shape index (κ2) is 6.83. The third-order valence-corrected chi connectivity index (χ3v) is 4.55. The molecule has 0 fully saturated rings. The molecule has 22 heavy (non-hydrogen) atoms. The number of thioether (sulfide) groups is 1. The molecule has 3 rings (SSSR count). The van der Waals surface area contributed by atoms with E-state index in [0.717, 1.165) is 29.5 Å². The number of benzene rings is 1. The molecular weight excluding hydrogens is 300 g/mol. The van der Waals surface area contributed by atoms with Crippen LogP contribution in [0.2, 0.25) is 0 Å². The molecule has 0 unspecified atom stereocenters. The van der Waals surface area contributed by atoms with Crippen LogP contribution in [-0.4, -0.2) is 39.1 Å². The van der Waals surface area contributed by atoms with Crippen molar-refractivity contribution >= 4 is 17.7 Å². The first-order chi connectivity index (χ1) is 10.7. The highest BCUT2D eigenvalue weighted by atomic mass is 32.2. The number of aromatic nitrogens is 3. The number of aryl methyl sites for hydroxylation is 2. The fourth-order valence-corrected chi connectivity index (χ4v) is 3.08. The maximum absolute atomic E-state index is 12.2. The minimum atomic E-state index is -0.394. The van der Waals surface area contributed by atoms with E-state index in [1.807, 2.05) is 35.9 Å². The van der Waals surface area contributed by atoms with Gasteiger partial charge in [0.05, 0.1) is 0 Å². The molecule has 0 spiro atoms. The topological polar surface area (TPSA) is 69.0 Å². The summed E-state index contributed by atoms with van der Waals surface area (Å²) in [4.78, 5) is 12.2. The van der Waals surface area contributed by atoms with E-state index in [0.29, 0.717) is 6.54 Å². The molecule has 6 nitrogen and oxygen atoms in total. The van der Waals surface area contributed by atoms with Gasteiger partial charge in [-0.05, 0) is 24.5 Å². The second-order valence-corrected chi connectivity index (χ2v) is 6.18. The zero-order valence-corrected chi connectivity index (χ0v) is 13.2. The number of amides is 1. The number of para-hydroxylation sites is 1. The van der Waals surface area contributed by atoms with E-state index in [1.165, 1.54) is 5.56 Å². The van der Waals surface area contributed by atoms with E-state index < -0.39 is 6.10 Å². The van der Waals surface area contributed by atoms with Crippen molar-refractivity contribution in [1.82, 2.24) is 20.1 Å². The summed E-state index contributed by atoms with van der Waals surface area (Å²) in [5.41, 5.74) is 1.17. The lowest BCUT2D eigenvalue weighted by Gasteiger charge is -2.25. The number of hydrogen-bond acceptors (Lipinski definition) is 5. The third-order valence-electron chi connectivity index (χ3n) is 3.51. The molecule has 116 valence electrons. The number of fused-ring (bicyclic) bond motifs is 1. The standard InChI is InChI=1S/C15H18N4O2S/c1-19-10-17-18-15(19)22-9-8-16-14(20)13-7-6-11-4-2-3-5-12(11)21-13/h2-5,10,13H,6-9H2,1H3,(H,16,20)/t13-/m1/s1. The van der Waals surface area contributed by atoms with Crippen molar-refractivity contribution in [3.63, 3.8) is 0 Å². The van der Waals surface area contributed by atoms with Gasteiger partial charge in [-0.3, -0.25) is 4.79 Å². The van der Waals surface area contributed by atoms with E-state index in [-0.39, 0.29) is 5.91 Å². The van der Waals surface area contributed by atoms with E-state index in [1.54, 1.807) is 18.1 Å². The lowest BCUT2D eigenvalue weighted by molar-refractivity contribution is -0.128. The predicted molar refractivity (Wildman–Crippen MR) is 83.9 cm³/mol. The minimum Gasteiger partial charge on any atom is -0.480 e. The largest absolute Gasteiger partial charge is 0.480 e. The Bertz CT molecular complexity index is 658. The Hall–Kier alpha value is -2.02. The van der Waals surface area contributed by atoms with Gasteiger partial charge < -0.3 is 14.6 Å². The van der Waals surface area contributed by atoms with Crippen molar-refractivity contribution in [2.24, 2.45) is 7.05 Å². The van der Waals surface area contributed by atoms with E-state index in [9.17, 15) is 4.79 Å². The smallest absolute Gasteiger partial charge is 0.261 e. The van der Waals surface area contributed by atoms with Gasteiger partial charge in [-0.2, -0.15) is 0 Å². The number of rotatable bonds is 5. The van der Waals surface area contributed by atoms with E-state index >= 15 is 0 Å². The average Bonchev–Trinajstić information content (AvgIpc) is 2.96. The molecule has 0 saturated carbocycles. The number of hydrogen-bond donors (Lipinski definition) is 1. The number of nitrogens with zero attached hydrogens (tertiary/aromatic N) is 3. The summed E-state index contributed by atoms with van der Waals surface area (Å²) in [5, 5.41) is 11.6. The summed E-state index contributed by atoms with van der Waals surface area (Å²) >= 11 is 1.56. The Morgan fingerprint density at radius 2 is 2.36 bits per heavy atom. The van der Waals surface area contributed by atoms with Crippen molar-refractivity contribution in [2.45, 2.75) is 24.1 Å². The Balaban J connectivity index is 1.44. The lowest BCUT2D eigenvalue weighted by Crippen LogP contribution is -2.41. The normalized spacial score (nSPS) is 16.7. The number of ether oxygens (including phenoxy) is 1. The van der Waals surface area contributed by atoms with Gasteiger partial charge >= 0.3 is 0 Å². The minimum absolute atomic E-state index is 0.0481. The summed E-state index contributed by atoms with van der Waals surface area (Å²) in [6.45, 7) is 0.581. The Labute approximate surface area is 133 Å². The van der Waals surface area contributed by atoms with Gasteiger partial charge in [-0.1, -0.05) is 30.0 Å². The Morgan fingerprint density at radius 3 is 3.18 bits per heavy atom. The highest BCUT2D eigenvalue weighted by molar-refractivity contribution is 7.99. The molecule has 1 aliphatic rings. The molecule has 1 atom stereocenters. The molecule has 7 heteroatoms. The number of nitrogens with one attached hydrogen (secondary N) is 1. The molecule has 1 N–H and O–H groups in total. The van der Waals surface area contributed by atoms with Crippen LogP contribution in [0.1, 0.15) is 12.0 Å². The van der Waals surface area contributed by atoms with Gasteiger partial charge in [-0.25, -0.2) is 0 Å². The van der Waals surface area contributed by atoms with Gasteiger partial charge in [0.2, 0.25) is 0 Å². The van der Waals surface area contributed by atoms with Crippen LogP contribution in [-0.2, 0) is 18.3 Å². The first-order valence-electron chi connectivity index (χ1n) is 7.23. The van der Waals surface area contributed by atoms with Gasteiger partial charge in [0.15, 0.2) is 11.3 Å². The fourth-order valence-electron chi connectivity index (χ4n) is 2.34. The van der Waals surface area contributed by atoms with E-state index in [2.05, 4.69) is 15.5 Å². The van der Waals surface area contributed by atoms with Gasteiger partial charge in [-0.15, -0.1) is 10.2 Å². The molecule has 2 heterocycles. The summed E-state index contributed by atoms with van der Waals surface area (Å²) in [6.07, 6.45) is 2.87. The van der Waals surface area contributed by atoms with E-state index in [4.69, 9.17) is 4.74 Å². The highest BCUT2D eigenvalue weighted by Gasteiger charge is 2.25. The summed E-state index contributed by atoms with van der Waals surface area (Å²) in [6, 6.07) is 7.88. The molecule has 0 saturated heterocycles. The summed E-state index contributed by atoms with van der Waals surface area (Å²) in [7, 11) is 1.90. The Kier molecular flexibility index (Phi) is 4.62. The highest BCUT2D eigenvalue weighted by Crippen LogP contribution is 2.27. The fraction of sp³-hybridized carbons (Fsp3) is 0.400. The van der Waals surface area contributed by atoms with Crippen molar-refractivity contribution in [2.75, 3.05) is 12.3 Å². The Morgan fingerprint density at radius 1 is 1.50 bits per heavy atom. The summed E-state index contributed by atoms with van der Waals surface area (Å²) < 4.78 is 7.63. The zero-order chi connectivity index (χ0) is 15.4. The van der Waals surface area contributed by atoms with Crippen LogP contribution in [0.4, 0.5) is 0 Å². The van der Waals surface area contributed by atoms with Crippen molar-refractivity contribution in [3.05, 3.63) is 36.2 Å². The number of carbonyl (C=O) groups is 1. The predicted octanol–water partition coefficient (Wildman–Crippen LogP) is 1.42. The van der Waals surface area contributed by atoms with Gasteiger partial charge in [0.1, 0.15) is 12.1 Å². The molecule has 2 aromatic rings. The van der Waals surface area contributed by atoms with Crippen molar-refractivity contribution < 1.29 is 9.53 Å². The van der Waals surface area contributed by atoms with Crippen LogP contribution in [0.3, 0.4) is 0 Å². The molecule has 1 aliphatic heterocycles. The molecule has 1 aromatic carbocycles. The maximum atomic E-state index is 12.2.